The van der Waals surface area contributed by atoms with Crippen LogP contribution in [0.1, 0.15) is 19.4 Å². The van der Waals surface area contributed by atoms with Crippen molar-refractivity contribution in [3.05, 3.63) is 35.9 Å². The highest BCUT2D eigenvalue weighted by atomic mass is 16.1. The van der Waals surface area contributed by atoms with Crippen LogP contribution in [0.4, 0.5) is 5.69 Å². The van der Waals surface area contributed by atoms with Crippen LogP contribution in [-0.2, 0) is 4.79 Å². The van der Waals surface area contributed by atoms with Gasteiger partial charge in [-0.05, 0) is 23.8 Å². The number of anilines is 1. The summed E-state index contributed by atoms with van der Waals surface area (Å²) in [6.45, 7) is 3.76. The molecule has 0 saturated carbocycles. The van der Waals surface area contributed by atoms with Crippen molar-refractivity contribution >= 4 is 17.5 Å². The van der Waals surface area contributed by atoms with Crippen LogP contribution in [0.5, 0.6) is 0 Å². The lowest BCUT2D eigenvalue weighted by molar-refractivity contribution is -0.117. The summed E-state index contributed by atoms with van der Waals surface area (Å²) in [7, 11) is 0. The standard InChI is InChI=1S/C12H15NO/c1-9(2)12(14)7-6-10-4-3-5-11(13)8-10/h3-9H,13H2,1-2H3/b7-6+. The molecule has 14 heavy (non-hydrogen) atoms. The number of nitrogens with two attached hydrogens (primary N) is 1. The lowest BCUT2D eigenvalue weighted by Crippen LogP contribution is -2.01. The third-order valence-electron chi connectivity index (χ3n) is 1.92. The third kappa shape index (κ3) is 3.05. The van der Waals surface area contributed by atoms with Crippen LogP contribution in [0.3, 0.4) is 0 Å². The van der Waals surface area contributed by atoms with E-state index in [9.17, 15) is 4.79 Å². The van der Waals surface area contributed by atoms with Gasteiger partial charge in [0.05, 0.1) is 0 Å². The Labute approximate surface area is 84.4 Å². The van der Waals surface area contributed by atoms with E-state index in [0.717, 1.165) is 5.56 Å². The van der Waals surface area contributed by atoms with E-state index in [-0.39, 0.29) is 11.7 Å². The molecule has 1 aromatic rings. The topological polar surface area (TPSA) is 43.1 Å². The largest absolute Gasteiger partial charge is 0.399 e. The Hall–Kier alpha value is -1.57. The van der Waals surface area contributed by atoms with E-state index >= 15 is 0 Å². The van der Waals surface area contributed by atoms with E-state index in [1.54, 1.807) is 12.2 Å². The van der Waals surface area contributed by atoms with Crippen molar-refractivity contribution in [2.75, 3.05) is 5.73 Å². The van der Waals surface area contributed by atoms with Crippen LogP contribution >= 0.6 is 0 Å². The maximum absolute atomic E-state index is 11.3. The van der Waals surface area contributed by atoms with E-state index in [4.69, 9.17) is 5.73 Å². The summed E-state index contributed by atoms with van der Waals surface area (Å²) in [5.74, 6) is 0.180. The Morgan fingerprint density at radius 1 is 1.43 bits per heavy atom. The zero-order valence-electron chi connectivity index (χ0n) is 8.53. The number of carbonyl (C=O) groups excluding carboxylic acids is 1. The highest BCUT2D eigenvalue weighted by Gasteiger charge is 2.01. The van der Waals surface area contributed by atoms with Gasteiger partial charge in [0.25, 0.3) is 0 Å². The molecule has 0 heterocycles. The maximum atomic E-state index is 11.3. The lowest BCUT2D eigenvalue weighted by Gasteiger charge is -1.98. The Balaban J connectivity index is 2.74. The number of hydrogen-bond acceptors (Lipinski definition) is 2. The SMILES string of the molecule is CC(C)C(=O)/C=C/c1cccc(N)c1. The molecule has 2 N–H and O–H groups in total. The second-order valence-electron chi connectivity index (χ2n) is 3.56. The number of rotatable bonds is 3. The lowest BCUT2D eigenvalue weighted by atomic mass is 10.1. The first-order valence-corrected chi connectivity index (χ1v) is 4.67. The number of benzene rings is 1. The van der Waals surface area contributed by atoms with Crippen molar-refractivity contribution < 1.29 is 4.79 Å². The molecule has 74 valence electrons. The first-order chi connectivity index (χ1) is 6.59. The smallest absolute Gasteiger partial charge is 0.158 e. The van der Waals surface area contributed by atoms with Crippen LogP contribution in [0.15, 0.2) is 30.3 Å². The summed E-state index contributed by atoms with van der Waals surface area (Å²) in [5, 5.41) is 0. The second-order valence-corrected chi connectivity index (χ2v) is 3.56. The van der Waals surface area contributed by atoms with Crippen LogP contribution in [0.25, 0.3) is 6.08 Å². The minimum atomic E-state index is 0.0484. The zero-order valence-corrected chi connectivity index (χ0v) is 8.53. The molecule has 0 fully saturated rings. The molecule has 0 spiro atoms. The maximum Gasteiger partial charge on any atom is 0.158 e. The monoisotopic (exact) mass is 189 g/mol. The highest BCUT2D eigenvalue weighted by Crippen LogP contribution is 2.08. The van der Waals surface area contributed by atoms with Gasteiger partial charge in [-0.2, -0.15) is 0 Å². The molecule has 2 nitrogen and oxygen atoms in total. The average molecular weight is 189 g/mol. The Kier molecular flexibility index (Phi) is 3.46. The fraction of sp³-hybridized carbons (Fsp3) is 0.250. The molecule has 0 aromatic heterocycles. The van der Waals surface area contributed by atoms with Gasteiger partial charge in [-0.1, -0.05) is 32.1 Å². The molecule has 0 unspecified atom stereocenters. The molecule has 0 saturated heterocycles. The van der Waals surface area contributed by atoms with Crippen molar-refractivity contribution in [2.45, 2.75) is 13.8 Å². The molecule has 0 atom stereocenters. The molecule has 0 radical (unpaired) electrons. The summed E-state index contributed by atoms with van der Waals surface area (Å²) >= 11 is 0. The number of ketones is 1. The van der Waals surface area contributed by atoms with Crippen LogP contribution in [0, 0.1) is 5.92 Å². The predicted octanol–water partition coefficient (Wildman–Crippen LogP) is 2.51. The van der Waals surface area contributed by atoms with Crippen molar-refractivity contribution in [1.82, 2.24) is 0 Å². The molecule has 0 bridgehead atoms. The van der Waals surface area contributed by atoms with Gasteiger partial charge in [0, 0.05) is 11.6 Å². The number of hydrogen-bond donors (Lipinski definition) is 1. The number of allylic oxidation sites excluding steroid dienone is 1. The van der Waals surface area contributed by atoms with Crippen molar-refractivity contribution in [2.24, 2.45) is 5.92 Å². The minimum Gasteiger partial charge on any atom is -0.399 e. The average Bonchev–Trinajstić information content (AvgIpc) is 2.14. The fourth-order valence-electron chi connectivity index (χ4n) is 1.03. The van der Waals surface area contributed by atoms with Gasteiger partial charge in [-0.15, -0.1) is 0 Å². The van der Waals surface area contributed by atoms with Gasteiger partial charge >= 0.3 is 0 Å². The molecule has 0 aliphatic carbocycles. The number of nitrogen functional groups attached to an aromatic ring is 1. The second kappa shape index (κ2) is 4.61. The first kappa shape index (κ1) is 10.5. The highest BCUT2D eigenvalue weighted by molar-refractivity contribution is 5.94. The predicted molar refractivity (Wildman–Crippen MR) is 59.7 cm³/mol. The van der Waals surface area contributed by atoms with Crippen LogP contribution < -0.4 is 5.73 Å². The fourth-order valence-corrected chi connectivity index (χ4v) is 1.03. The van der Waals surface area contributed by atoms with Gasteiger partial charge in [-0.3, -0.25) is 4.79 Å². The normalized spacial score (nSPS) is 11.1. The van der Waals surface area contributed by atoms with Crippen LogP contribution in [0.2, 0.25) is 0 Å². The summed E-state index contributed by atoms with van der Waals surface area (Å²) in [6.07, 6.45) is 3.39. The van der Waals surface area contributed by atoms with Gasteiger partial charge < -0.3 is 5.73 Å². The van der Waals surface area contributed by atoms with Gasteiger partial charge in [0.15, 0.2) is 5.78 Å². The third-order valence-corrected chi connectivity index (χ3v) is 1.92. The van der Waals surface area contributed by atoms with E-state index in [2.05, 4.69) is 0 Å². The quantitative estimate of drug-likeness (QED) is 0.586. The molecule has 0 aliphatic heterocycles. The molecular weight excluding hydrogens is 174 g/mol. The summed E-state index contributed by atoms with van der Waals surface area (Å²) < 4.78 is 0. The van der Waals surface area contributed by atoms with Crippen molar-refractivity contribution in [3.8, 4) is 0 Å². The summed E-state index contributed by atoms with van der Waals surface area (Å²) in [6, 6.07) is 7.45. The molecule has 2 heteroatoms. The number of carbonyl (C=O) groups is 1. The molecule has 0 amide bonds. The van der Waals surface area contributed by atoms with E-state index < -0.39 is 0 Å². The Bertz CT molecular complexity index is 353. The van der Waals surface area contributed by atoms with Crippen LogP contribution in [-0.4, -0.2) is 5.78 Å². The molecule has 0 aliphatic rings. The van der Waals surface area contributed by atoms with Crippen molar-refractivity contribution in [1.29, 1.82) is 0 Å². The van der Waals surface area contributed by atoms with E-state index in [0.29, 0.717) is 5.69 Å². The van der Waals surface area contributed by atoms with E-state index in [1.807, 2.05) is 38.1 Å². The zero-order chi connectivity index (χ0) is 10.6. The first-order valence-electron chi connectivity index (χ1n) is 4.67. The summed E-state index contributed by atoms with van der Waals surface area (Å²) in [4.78, 5) is 11.3. The molecular formula is C12H15NO. The molecule has 1 rings (SSSR count). The minimum absolute atomic E-state index is 0.0484. The van der Waals surface area contributed by atoms with Gasteiger partial charge in [-0.25, -0.2) is 0 Å². The summed E-state index contributed by atoms with van der Waals surface area (Å²) in [5.41, 5.74) is 7.28. The van der Waals surface area contributed by atoms with E-state index in [1.165, 1.54) is 0 Å². The van der Waals surface area contributed by atoms with Gasteiger partial charge in [0.1, 0.15) is 0 Å². The molecule has 1 aromatic carbocycles. The Morgan fingerprint density at radius 2 is 2.14 bits per heavy atom. The van der Waals surface area contributed by atoms with Gasteiger partial charge in [0.2, 0.25) is 0 Å². The Morgan fingerprint density at radius 3 is 2.71 bits per heavy atom. The van der Waals surface area contributed by atoms with Crippen molar-refractivity contribution in [3.63, 3.8) is 0 Å².